The third-order valence-corrected chi connectivity index (χ3v) is 5.02. The van der Waals surface area contributed by atoms with Crippen molar-refractivity contribution in [3.63, 3.8) is 0 Å². The van der Waals surface area contributed by atoms with E-state index in [1.54, 1.807) is 0 Å². The van der Waals surface area contributed by atoms with E-state index in [1.807, 2.05) is 0 Å². The third-order valence-electron chi connectivity index (χ3n) is 5.02. The standard InChI is InChI=1S/C25H18F4N4O3/c1-36-21-14-33(20-10-3-6-16(12-20)25(27,28)29)32-22(21)24(35)31-18-8-2-5-15(11-18)23(34)30-19-9-4-7-17(26)13-19/h2-14H,1H3,(H,30,34)(H,31,35). The summed E-state index contributed by atoms with van der Waals surface area (Å²) in [6.45, 7) is 0. The minimum Gasteiger partial charge on any atom is -0.493 e. The largest absolute Gasteiger partial charge is 0.493 e. The Balaban J connectivity index is 1.54. The van der Waals surface area contributed by atoms with Crippen molar-refractivity contribution in [2.75, 3.05) is 17.7 Å². The van der Waals surface area contributed by atoms with Gasteiger partial charge in [0.25, 0.3) is 11.8 Å². The molecule has 1 aromatic heterocycles. The highest BCUT2D eigenvalue weighted by atomic mass is 19.4. The summed E-state index contributed by atoms with van der Waals surface area (Å²) in [5.74, 6) is -1.71. The molecule has 0 spiro atoms. The first kappa shape index (κ1) is 24.5. The van der Waals surface area contributed by atoms with Crippen LogP contribution in [0.25, 0.3) is 5.69 Å². The second-order valence-corrected chi connectivity index (χ2v) is 7.54. The van der Waals surface area contributed by atoms with E-state index < -0.39 is 29.4 Å². The van der Waals surface area contributed by atoms with Crippen molar-refractivity contribution >= 4 is 23.2 Å². The number of anilines is 2. The summed E-state index contributed by atoms with van der Waals surface area (Å²) in [6, 6.07) is 15.8. The quantitative estimate of drug-likeness (QED) is 0.342. The molecule has 2 amide bonds. The number of methoxy groups -OCH3 is 1. The summed E-state index contributed by atoms with van der Waals surface area (Å²) >= 11 is 0. The highest BCUT2D eigenvalue weighted by molar-refractivity contribution is 6.07. The molecule has 4 aromatic rings. The molecule has 0 atom stereocenters. The van der Waals surface area contributed by atoms with Crippen molar-refractivity contribution in [3.8, 4) is 11.4 Å². The molecule has 1 heterocycles. The van der Waals surface area contributed by atoms with E-state index in [1.165, 1.54) is 67.9 Å². The highest BCUT2D eigenvalue weighted by Crippen LogP contribution is 2.31. The molecule has 36 heavy (non-hydrogen) atoms. The predicted molar refractivity (Wildman–Crippen MR) is 124 cm³/mol. The molecule has 0 saturated heterocycles. The van der Waals surface area contributed by atoms with Gasteiger partial charge in [-0.15, -0.1) is 0 Å². The minimum atomic E-state index is -4.54. The van der Waals surface area contributed by atoms with E-state index >= 15 is 0 Å². The van der Waals surface area contributed by atoms with Gasteiger partial charge in [0.2, 0.25) is 0 Å². The van der Waals surface area contributed by atoms with Crippen molar-refractivity contribution in [3.05, 3.63) is 102 Å². The number of alkyl halides is 3. The van der Waals surface area contributed by atoms with Crippen LogP contribution >= 0.6 is 0 Å². The first-order valence-corrected chi connectivity index (χ1v) is 10.4. The van der Waals surface area contributed by atoms with E-state index in [4.69, 9.17) is 4.74 Å². The van der Waals surface area contributed by atoms with Gasteiger partial charge in [-0.2, -0.15) is 18.3 Å². The maximum absolute atomic E-state index is 13.4. The average Bonchev–Trinajstić information content (AvgIpc) is 3.29. The monoisotopic (exact) mass is 498 g/mol. The highest BCUT2D eigenvalue weighted by Gasteiger charge is 2.31. The fourth-order valence-electron chi connectivity index (χ4n) is 3.32. The van der Waals surface area contributed by atoms with Gasteiger partial charge < -0.3 is 15.4 Å². The maximum atomic E-state index is 13.4. The first-order chi connectivity index (χ1) is 17.1. The van der Waals surface area contributed by atoms with Gasteiger partial charge in [0.05, 0.1) is 24.6 Å². The van der Waals surface area contributed by atoms with Crippen molar-refractivity contribution in [2.45, 2.75) is 6.18 Å². The van der Waals surface area contributed by atoms with Gasteiger partial charge in [-0.25, -0.2) is 9.07 Å². The molecule has 0 radical (unpaired) electrons. The van der Waals surface area contributed by atoms with Crippen molar-refractivity contribution in [1.82, 2.24) is 9.78 Å². The van der Waals surface area contributed by atoms with Gasteiger partial charge in [-0.1, -0.05) is 18.2 Å². The lowest BCUT2D eigenvalue weighted by molar-refractivity contribution is -0.137. The van der Waals surface area contributed by atoms with Gasteiger partial charge in [0, 0.05) is 16.9 Å². The second-order valence-electron chi connectivity index (χ2n) is 7.54. The number of ether oxygens (including phenoxy) is 1. The number of aromatic nitrogens is 2. The van der Waals surface area contributed by atoms with Crippen molar-refractivity contribution in [1.29, 1.82) is 0 Å². The van der Waals surface area contributed by atoms with Crippen LogP contribution in [-0.4, -0.2) is 28.7 Å². The van der Waals surface area contributed by atoms with Gasteiger partial charge in [0.15, 0.2) is 11.4 Å². The van der Waals surface area contributed by atoms with Crippen LogP contribution in [0.3, 0.4) is 0 Å². The van der Waals surface area contributed by atoms with E-state index in [2.05, 4.69) is 15.7 Å². The van der Waals surface area contributed by atoms with Crippen LogP contribution < -0.4 is 15.4 Å². The number of rotatable bonds is 6. The lowest BCUT2D eigenvalue weighted by atomic mass is 10.1. The fraction of sp³-hybridized carbons (Fsp3) is 0.0800. The number of nitrogens with zero attached hydrogens (tertiary/aromatic N) is 2. The van der Waals surface area contributed by atoms with E-state index in [0.717, 1.165) is 22.9 Å². The summed E-state index contributed by atoms with van der Waals surface area (Å²) in [5.41, 5.74) is -0.253. The van der Waals surface area contributed by atoms with Crippen LogP contribution in [0.1, 0.15) is 26.4 Å². The van der Waals surface area contributed by atoms with Crippen LogP contribution in [0.15, 0.2) is 79.0 Å². The number of carbonyl (C=O) groups excluding carboxylic acids is 2. The smallest absolute Gasteiger partial charge is 0.416 e. The molecule has 3 aromatic carbocycles. The van der Waals surface area contributed by atoms with Crippen LogP contribution in [0, 0.1) is 5.82 Å². The van der Waals surface area contributed by atoms with Crippen molar-refractivity contribution < 1.29 is 31.9 Å². The number of carbonyl (C=O) groups is 2. The van der Waals surface area contributed by atoms with Gasteiger partial charge in [-0.05, 0) is 54.6 Å². The summed E-state index contributed by atoms with van der Waals surface area (Å²) < 4.78 is 58.9. The molecule has 0 bridgehead atoms. The molecule has 0 saturated carbocycles. The number of nitrogens with one attached hydrogen (secondary N) is 2. The molecule has 11 heteroatoms. The normalized spacial score (nSPS) is 11.1. The Bertz CT molecular complexity index is 1430. The Morgan fingerprint density at radius 3 is 2.25 bits per heavy atom. The van der Waals surface area contributed by atoms with E-state index in [9.17, 15) is 27.2 Å². The molecule has 2 N–H and O–H groups in total. The molecule has 7 nitrogen and oxygen atoms in total. The summed E-state index contributed by atoms with van der Waals surface area (Å²) in [5, 5.41) is 9.24. The minimum absolute atomic E-state index is 0.0323. The first-order valence-electron chi connectivity index (χ1n) is 10.4. The molecule has 0 aliphatic rings. The maximum Gasteiger partial charge on any atom is 0.416 e. The Kier molecular flexibility index (Phi) is 6.73. The Hall–Kier alpha value is -4.67. The second kappa shape index (κ2) is 9.90. The number of benzene rings is 3. The fourth-order valence-corrected chi connectivity index (χ4v) is 3.32. The van der Waals surface area contributed by atoms with Crippen LogP contribution in [0.2, 0.25) is 0 Å². The predicted octanol–water partition coefficient (Wildman–Crippen LogP) is 5.54. The zero-order valence-electron chi connectivity index (χ0n) is 18.6. The third kappa shape index (κ3) is 5.52. The topological polar surface area (TPSA) is 85.2 Å². The lowest BCUT2D eigenvalue weighted by Gasteiger charge is -2.09. The van der Waals surface area contributed by atoms with Gasteiger partial charge in [0.1, 0.15) is 5.82 Å². The average molecular weight is 498 g/mol. The van der Waals surface area contributed by atoms with Crippen LogP contribution in [-0.2, 0) is 6.18 Å². The van der Waals surface area contributed by atoms with Crippen LogP contribution in [0.4, 0.5) is 28.9 Å². The molecule has 0 unspecified atom stereocenters. The number of hydrogen-bond acceptors (Lipinski definition) is 4. The molecular weight excluding hydrogens is 480 g/mol. The van der Waals surface area contributed by atoms with Crippen LogP contribution in [0.5, 0.6) is 5.75 Å². The lowest BCUT2D eigenvalue weighted by Crippen LogP contribution is -2.16. The molecule has 0 aliphatic heterocycles. The summed E-state index contributed by atoms with van der Waals surface area (Å²) in [7, 11) is 1.29. The van der Waals surface area contributed by atoms with E-state index in [-0.39, 0.29) is 34.1 Å². The Labute approximate surface area is 202 Å². The zero-order chi connectivity index (χ0) is 25.9. The van der Waals surface area contributed by atoms with E-state index in [0.29, 0.717) is 0 Å². The SMILES string of the molecule is COc1cn(-c2cccc(C(F)(F)F)c2)nc1C(=O)Nc1cccc(C(=O)Nc2cccc(F)c2)c1. The molecule has 184 valence electrons. The number of hydrogen-bond donors (Lipinski definition) is 2. The molecule has 0 aliphatic carbocycles. The molecular formula is C25H18F4N4O3. The number of halogens is 4. The molecule has 4 rings (SSSR count). The summed E-state index contributed by atoms with van der Waals surface area (Å²) in [4.78, 5) is 25.4. The molecule has 0 fully saturated rings. The van der Waals surface area contributed by atoms with Gasteiger partial charge in [-0.3, -0.25) is 9.59 Å². The van der Waals surface area contributed by atoms with Gasteiger partial charge >= 0.3 is 6.18 Å². The zero-order valence-corrected chi connectivity index (χ0v) is 18.6. The number of amides is 2. The van der Waals surface area contributed by atoms with Crippen molar-refractivity contribution in [2.24, 2.45) is 0 Å². The Morgan fingerprint density at radius 1 is 0.889 bits per heavy atom. The summed E-state index contributed by atoms with van der Waals surface area (Å²) in [6.07, 6.45) is -3.26. The Morgan fingerprint density at radius 2 is 1.56 bits per heavy atom.